The Kier molecular flexibility index (Phi) is 10.3. The largest absolute Gasteiger partial charge is 0.494 e. The van der Waals surface area contributed by atoms with Crippen molar-refractivity contribution in [3.63, 3.8) is 0 Å². The maximum atomic E-state index is 13.5. The molecule has 40 heavy (non-hydrogen) atoms. The topological polar surface area (TPSA) is 87.2 Å². The lowest BCUT2D eigenvalue weighted by atomic mass is 10.0. The third-order valence-corrected chi connectivity index (χ3v) is 8.73. The van der Waals surface area contributed by atoms with Crippen LogP contribution in [0.4, 0.5) is 5.69 Å². The Balaban J connectivity index is 1.80. The van der Waals surface area contributed by atoms with E-state index in [1.54, 1.807) is 32.0 Å². The van der Waals surface area contributed by atoms with E-state index in [0.29, 0.717) is 27.5 Å². The lowest BCUT2D eigenvalue weighted by molar-refractivity contribution is 0.230. The SMILES string of the molecule is CCCN(CCC)Cc1ccc(N=C(c2ccccc2)c2c(O)[nH]c3ccc(P(=O)(OCC)OCC)cc23)cc1. The van der Waals surface area contributed by atoms with Crippen LogP contribution in [0.2, 0.25) is 0 Å². The lowest BCUT2D eigenvalue weighted by Crippen LogP contribution is -2.24. The van der Waals surface area contributed by atoms with Gasteiger partial charge in [0.25, 0.3) is 0 Å². The van der Waals surface area contributed by atoms with E-state index >= 15 is 0 Å². The highest BCUT2D eigenvalue weighted by molar-refractivity contribution is 7.62. The number of fused-ring (bicyclic) bond motifs is 1. The van der Waals surface area contributed by atoms with Gasteiger partial charge in [0.1, 0.15) is 0 Å². The molecule has 2 N–H and O–H groups in total. The molecule has 0 aliphatic rings. The minimum atomic E-state index is -3.52. The van der Waals surface area contributed by atoms with Gasteiger partial charge in [-0.2, -0.15) is 0 Å². The third kappa shape index (κ3) is 6.91. The third-order valence-electron chi connectivity index (χ3n) is 6.62. The van der Waals surface area contributed by atoms with Crippen molar-refractivity contribution in [2.45, 2.75) is 47.1 Å². The summed E-state index contributed by atoms with van der Waals surface area (Å²) in [5.74, 6) is -0.0104. The van der Waals surface area contributed by atoms with Crippen molar-refractivity contribution in [1.82, 2.24) is 9.88 Å². The van der Waals surface area contributed by atoms with E-state index in [9.17, 15) is 9.67 Å². The van der Waals surface area contributed by atoms with E-state index < -0.39 is 7.60 Å². The molecule has 212 valence electrons. The fourth-order valence-electron chi connectivity index (χ4n) is 4.93. The molecule has 0 saturated carbocycles. The van der Waals surface area contributed by atoms with E-state index in [2.05, 4.69) is 35.9 Å². The first-order chi connectivity index (χ1) is 19.4. The first-order valence-corrected chi connectivity index (χ1v) is 15.7. The van der Waals surface area contributed by atoms with Crippen LogP contribution in [0.3, 0.4) is 0 Å². The number of aromatic nitrogens is 1. The van der Waals surface area contributed by atoms with Crippen LogP contribution >= 0.6 is 7.60 Å². The van der Waals surface area contributed by atoms with Crippen LogP contribution < -0.4 is 5.30 Å². The standard InChI is InChI=1S/C32H40N3O4P/c1-5-20-35(21-6-2)23-24-14-16-26(17-15-24)33-31(25-12-10-9-11-13-25)30-28-22-27(18-19-29(28)34-32(30)36)40(37,38-7-3)39-8-4/h9-19,22,34,36H,5-8,20-21,23H2,1-4H3. The Hall–Kier alpha value is -3.22. The zero-order valence-corrected chi connectivity index (χ0v) is 24.8. The first-order valence-electron chi connectivity index (χ1n) is 14.1. The number of nitrogens with one attached hydrogen (secondary N) is 1. The number of aromatic amines is 1. The molecule has 0 unspecified atom stereocenters. The number of H-pyrrole nitrogens is 1. The van der Waals surface area contributed by atoms with Crippen molar-refractivity contribution < 1.29 is 18.7 Å². The molecule has 0 aliphatic heterocycles. The van der Waals surface area contributed by atoms with Crippen LogP contribution in [0.5, 0.6) is 5.88 Å². The van der Waals surface area contributed by atoms with E-state index in [0.717, 1.165) is 43.7 Å². The Morgan fingerprint density at radius 3 is 2.15 bits per heavy atom. The summed E-state index contributed by atoms with van der Waals surface area (Å²) < 4.78 is 24.7. The van der Waals surface area contributed by atoms with E-state index in [1.165, 1.54) is 5.56 Å². The van der Waals surface area contributed by atoms with Gasteiger partial charge < -0.3 is 19.1 Å². The van der Waals surface area contributed by atoms with Crippen molar-refractivity contribution in [2.75, 3.05) is 26.3 Å². The number of hydrogen-bond acceptors (Lipinski definition) is 6. The molecule has 1 heterocycles. The van der Waals surface area contributed by atoms with Gasteiger partial charge in [0.15, 0.2) is 5.88 Å². The average Bonchev–Trinajstić information content (AvgIpc) is 3.28. The summed E-state index contributed by atoms with van der Waals surface area (Å²) in [6, 6.07) is 23.3. The molecular formula is C32H40N3O4P. The molecule has 7 nitrogen and oxygen atoms in total. The predicted octanol–water partition coefficient (Wildman–Crippen LogP) is 7.56. The number of nitrogens with zero attached hydrogens (tertiary/aromatic N) is 2. The van der Waals surface area contributed by atoms with Crippen molar-refractivity contribution in [3.8, 4) is 5.88 Å². The van der Waals surface area contributed by atoms with Crippen molar-refractivity contribution in [2.24, 2.45) is 4.99 Å². The Morgan fingerprint density at radius 2 is 1.55 bits per heavy atom. The summed E-state index contributed by atoms with van der Waals surface area (Å²) in [5.41, 5.74) is 4.70. The van der Waals surface area contributed by atoms with Gasteiger partial charge in [-0.05, 0) is 75.7 Å². The molecule has 0 atom stereocenters. The molecule has 1 aromatic heterocycles. The fraction of sp³-hybridized carbons (Fsp3) is 0.344. The van der Waals surface area contributed by atoms with Gasteiger partial charge in [0.2, 0.25) is 0 Å². The highest BCUT2D eigenvalue weighted by atomic mass is 31.2. The minimum Gasteiger partial charge on any atom is -0.494 e. The van der Waals surface area contributed by atoms with Crippen molar-refractivity contribution in [3.05, 3.63) is 89.5 Å². The summed E-state index contributed by atoms with van der Waals surface area (Å²) in [6.07, 6.45) is 2.26. The van der Waals surface area contributed by atoms with Crippen LogP contribution in [0, 0.1) is 0 Å². The highest BCUT2D eigenvalue weighted by Gasteiger charge is 2.28. The predicted molar refractivity (Wildman–Crippen MR) is 164 cm³/mol. The van der Waals surface area contributed by atoms with Gasteiger partial charge in [-0.1, -0.05) is 56.3 Å². The van der Waals surface area contributed by atoms with Gasteiger partial charge in [0, 0.05) is 23.0 Å². The fourth-order valence-corrected chi connectivity index (χ4v) is 6.53. The smallest absolute Gasteiger partial charge is 0.361 e. The quantitative estimate of drug-likeness (QED) is 0.123. The average molecular weight is 562 g/mol. The molecule has 0 spiro atoms. The van der Waals surface area contributed by atoms with Crippen molar-refractivity contribution >= 4 is 35.2 Å². The summed E-state index contributed by atoms with van der Waals surface area (Å²) in [5, 5.41) is 12.2. The van der Waals surface area contributed by atoms with Gasteiger partial charge in [-0.15, -0.1) is 0 Å². The van der Waals surface area contributed by atoms with Gasteiger partial charge in [-0.25, -0.2) is 4.99 Å². The molecule has 0 amide bonds. The Bertz CT molecular complexity index is 1450. The number of aromatic hydroxyl groups is 1. The maximum Gasteiger partial charge on any atom is 0.361 e. The molecule has 8 heteroatoms. The molecule has 0 aliphatic carbocycles. The van der Waals surface area contributed by atoms with Gasteiger partial charge in [-0.3, -0.25) is 9.46 Å². The molecule has 4 aromatic rings. The molecule has 0 saturated heterocycles. The summed E-state index contributed by atoms with van der Waals surface area (Å²) in [4.78, 5) is 10.6. The van der Waals surface area contributed by atoms with Crippen LogP contribution in [0.15, 0.2) is 77.8 Å². The molecular weight excluding hydrogens is 521 g/mol. The number of hydrogen-bond donors (Lipinski definition) is 2. The molecule has 0 bridgehead atoms. The monoisotopic (exact) mass is 561 g/mol. The molecule has 3 aromatic carbocycles. The molecule has 0 radical (unpaired) electrons. The van der Waals surface area contributed by atoms with E-state index in [1.807, 2.05) is 42.5 Å². The van der Waals surface area contributed by atoms with Crippen LogP contribution in [0.1, 0.15) is 57.2 Å². The second-order valence-corrected chi connectivity index (χ2v) is 11.7. The van der Waals surface area contributed by atoms with Crippen LogP contribution in [0.25, 0.3) is 10.9 Å². The number of aliphatic imine (C=N–C) groups is 1. The normalized spacial score (nSPS) is 12.5. The zero-order valence-electron chi connectivity index (χ0n) is 23.9. The lowest BCUT2D eigenvalue weighted by Gasteiger charge is -2.21. The summed E-state index contributed by atoms with van der Waals surface area (Å²) in [7, 11) is -3.52. The second kappa shape index (κ2) is 13.9. The summed E-state index contributed by atoms with van der Waals surface area (Å²) >= 11 is 0. The van der Waals surface area contributed by atoms with Crippen LogP contribution in [-0.2, 0) is 20.2 Å². The molecule has 4 rings (SSSR count). The Labute approximate surface area is 237 Å². The zero-order chi connectivity index (χ0) is 28.5. The minimum absolute atomic E-state index is 0.0104. The Morgan fingerprint density at radius 1 is 0.900 bits per heavy atom. The molecule has 0 fully saturated rings. The van der Waals surface area contributed by atoms with Crippen molar-refractivity contribution in [1.29, 1.82) is 0 Å². The highest BCUT2D eigenvalue weighted by Crippen LogP contribution is 2.47. The van der Waals surface area contributed by atoms with Gasteiger partial charge >= 0.3 is 7.60 Å². The number of benzene rings is 3. The first kappa shape index (κ1) is 29.8. The van der Waals surface area contributed by atoms with Gasteiger partial charge in [0.05, 0.1) is 35.5 Å². The van der Waals surface area contributed by atoms with Crippen LogP contribution in [-0.4, -0.2) is 47.0 Å². The van der Waals surface area contributed by atoms with E-state index in [-0.39, 0.29) is 19.1 Å². The second-order valence-electron chi connectivity index (χ2n) is 9.68. The van der Waals surface area contributed by atoms with E-state index in [4.69, 9.17) is 14.0 Å². The maximum absolute atomic E-state index is 13.5. The number of rotatable bonds is 14. The summed E-state index contributed by atoms with van der Waals surface area (Å²) in [6.45, 7) is 11.6.